The van der Waals surface area contributed by atoms with Crippen molar-refractivity contribution in [3.05, 3.63) is 0 Å². The highest BCUT2D eigenvalue weighted by Crippen LogP contribution is 2.32. The first-order chi connectivity index (χ1) is 7.22. The summed E-state index contributed by atoms with van der Waals surface area (Å²) in [6, 6.07) is 2.10. The fourth-order valence-electron chi connectivity index (χ4n) is 2.22. The molecule has 2 heterocycles. The average Bonchev–Trinajstić information content (AvgIpc) is 2.78. The monoisotopic (exact) mass is 211 g/mol. The van der Waals surface area contributed by atoms with E-state index in [1.807, 2.05) is 6.92 Å². The lowest BCUT2D eigenvalue weighted by Crippen LogP contribution is -2.31. The Morgan fingerprint density at radius 1 is 1.47 bits per heavy atom. The van der Waals surface area contributed by atoms with E-state index < -0.39 is 5.79 Å². The van der Waals surface area contributed by atoms with Crippen molar-refractivity contribution in [2.75, 3.05) is 13.2 Å². The van der Waals surface area contributed by atoms with Crippen molar-refractivity contribution in [2.24, 2.45) is 0 Å². The van der Waals surface area contributed by atoms with Gasteiger partial charge in [0.15, 0.2) is 5.79 Å². The van der Waals surface area contributed by atoms with Gasteiger partial charge in [-0.25, -0.2) is 0 Å². The molecule has 0 spiro atoms. The minimum Gasteiger partial charge on any atom is -0.378 e. The first-order valence-corrected chi connectivity index (χ1v) is 5.52. The van der Waals surface area contributed by atoms with Gasteiger partial charge >= 0.3 is 0 Å². The molecule has 0 saturated carbocycles. The molecule has 2 aliphatic heterocycles. The number of hydrogen-bond donors (Lipinski definition) is 0. The van der Waals surface area contributed by atoms with Crippen LogP contribution in [0.2, 0.25) is 0 Å². The third-order valence-corrected chi connectivity index (χ3v) is 2.93. The first-order valence-electron chi connectivity index (χ1n) is 5.52. The maximum atomic E-state index is 8.57. The van der Waals surface area contributed by atoms with Gasteiger partial charge in [0.2, 0.25) is 0 Å². The van der Waals surface area contributed by atoms with Gasteiger partial charge < -0.3 is 14.2 Å². The van der Waals surface area contributed by atoms with Crippen molar-refractivity contribution in [3.8, 4) is 6.07 Å². The summed E-state index contributed by atoms with van der Waals surface area (Å²) in [5.74, 6) is -0.545. The van der Waals surface area contributed by atoms with E-state index in [9.17, 15) is 0 Å². The maximum absolute atomic E-state index is 8.57. The van der Waals surface area contributed by atoms with E-state index >= 15 is 0 Å². The second-order valence-electron chi connectivity index (χ2n) is 4.39. The molecular weight excluding hydrogens is 194 g/mol. The molecule has 0 aromatic rings. The second kappa shape index (κ2) is 4.48. The molecule has 84 valence electrons. The van der Waals surface area contributed by atoms with Crippen LogP contribution in [0.4, 0.5) is 0 Å². The molecule has 4 heteroatoms. The Labute approximate surface area is 90.1 Å². The Hall–Kier alpha value is -0.630. The molecule has 3 unspecified atom stereocenters. The number of nitrogens with zero attached hydrogens (tertiary/aromatic N) is 1. The van der Waals surface area contributed by atoms with E-state index in [0.717, 1.165) is 25.9 Å². The van der Waals surface area contributed by atoms with Crippen LogP contribution in [0.25, 0.3) is 0 Å². The highest BCUT2D eigenvalue weighted by atomic mass is 16.7. The molecule has 0 aromatic heterocycles. The molecule has 0 bridgehead atoms. The third kappa shape index (κ3) is 2.69. The Morgan fingerprint density at radius 3 is 3.00 bits per heavy atom. The SMILES string of the molecule is CC1(CC2CCCO2)OCC(CC#N)O1. The van der Waals surface area contributed by atoms with Gasteiger partial charge in [-0.05, 0) is 19.8 Å². The van der Waals surface area contributed by atoms with Crippen LogP contribution in [0.3, 0.4) is 0 Å². The number of nitriles is 1. The smallest absolute Gasteiger partial charge is 0.168 e. The highest BCUT2D eigenvalue weighted by Gasteiger charge is 2.39. The van der Waals surface area contributed by atoms with Gasteiger partial charge in [0.1, 0.15) is 0 Å². The second-order valence-corrected chi connectivity index (χ2v) is 4.39. The zero-order chi connectivity index (χ0) is 10.7. The highest BCUT2D eigenvalue weighted by molar-refractivity contribution is 4.85. The summed E-state index contributed by atoms with van der Waals surface area (Å²) in [5, 5.41) is 8.57. The van der Waals surface area contributed by atoms with Crippen molar-refractivity contribution in [1.82, 2.24) is 0 Å². The van der Waals surface area contributed by atoms with Gasteiger partial charge in [0.05, 0.1) is 31.3 Å². The van der Waals surface area contributed by atoms with Gasteiger partial charge in [-0.2, -0.15) is 5.26 Å². The molecule has 15 heavy (non-hydrogen) atoms. The molecule has 0 radical (unpaired) electrons. The van der Waals surface area contributed by atoms with Gasteiger partial charge in [0.25, 0.3) is 0 Å². The van der Waals surface area contributed by atoms with Crippen molar-refractivity contribution in [1.29, 1.82) is 5.26 Å². The largest absolute Gasteiger partial charge is 0.378 e. The molecule has 2 rings (SSSR count). The summed E-state index contributed by atoms with van der Waals surface area (Å²) in [6.07, 6.45) is 3.58. The summed E-state index contributed by atoms with van der Waals surface area (Å²) < 4.78 is 16.9. The zero-order valence-corrected chi connectivity index (χ0v) is 9.07. The Kier molecular flexibility index (Phi) is 3.25. The molecule has 3 atom stereocenters. The van der Waals surface area contributed by atoms with Crippen molar-refractivity contribution >= 4 is 0 Å². The van der Waals surface area contributed by atoms with Crippen LogP contribution in [-0.2, 0) is 14.2 Å². The van der Waals surface area contributed by atoms with Gasteiger partial charge in [-0.15, -0.1) is 0 Å². The summed E-state index contributed by atoms with van der Waals surface area (Å²) >= 11 is 0. The van der Waals surface area contributed by atoms with Gasteiger partial charge in [-0.1, -0.05) is 0 Å². The molecule has 0 amide bonds. The molecule has 0 aromatic carbocycles. The summed E-state index contributed by atoms with van der Waals surface area (Å²) in [6.45, 7) is 3.31. The molecule has 2 fully saturated rings. The van der Waals surface area contributed by atoms with Crippen LogP contribution in [0.1, 0.15) is 32.6 Å². The molecule has 2 saturated heterocycles. The topological polar surface area (TPSA) is 51.5 Å². The molecule has 0 aliphatic carbocycles. The lowest BCUT2D eigenvalue weighted by atomic mass is 10.1. The predicted molar refractivity (Wildman–Crippen MR) is 53.1 cm³/mol. The Morgan fingerprint density at radius 2 is 2.33 bits per heavy atom. The van der Waals surface area contributed by atoms with Crippen molar-refractivity contribution in [3.63, 3.8) is 0 Å². The van der Waals surface area contributed by atoms with Crippen LogP contribution >= 0.6 is 0 Å². The fraction of sp³-hybridized carbons (Fsp3) is 0.909. The van der Waals surface area contributed by atoms with Gasteiger partial charge in [-0.3, -0.25) is 0 Å². The molecule has 4 nitrogen and oxygen atoms in total. The molecular formula is C11H17NO3. The van der Waals surface area contributed by atoms with E-state index in [-0.39, 0.29) is 12.2 Å². The minimum absolute atomic E-state index is 0.0681. The van der Waals surface area contributed by atoms with E-state index in [1.54, 1.807) is 0 Å². The van der Waals surface area contributed by atoms with Crippen LogP contribution in [-0.4, -0.2) is 31.2 Å². The molecule has 2 aliphatic rings. The number of rotatable bonds is 3. The number of hydrogen-bond acceptors (Lipinski definition) is 4. The maximum Gasteiger partial charge on any atom is 0.168 e. The lowest BCUT2D eigenvalue weighted by molar-refractivity contribution is -0.173. The summed E-state index contributed by atoms with van der Waals surface area (Å²) in [7, 11) is 0. The predicted octanol–water partition coefficient (Wildman–Crippen LogP) is 1.60. The Bertz CT molecular complexity index is 257. The fourth-order valence-corrected chi connectivity index (χ4v) is 2.22. The van der Waals surface area contributed by atoms with Crippen LogP contribution in [0.5, 0.6) is 0 Å². The standard InChI is InChI=1S/C11H17NO3/c1-11(7-9-3-2-6-13-9)14-8-10(15-11)4-5-12/h9-10H,2-4,6-8H2,1H3. The summed E-state index contributed by atoms with van der Waals surface area (Å²) in [5.41, 5.74) is 0. The minimum atomic E-state index is -0.545. The van der Waals surface area contributed by atoms with E-state index in [2.05, 4.69) is 6.07 Å². The third-order valence-electron chi connectivity index (χ3n) is 2.93. The van der Waals surface area contributed by atoms with Crippen LogP contribution in [0.15, 0.2) is 0 Å². The van der Waals surface area contributed by atoms with E-state index in [1.165, 1.54) is 0 Å². The Balaban J connectivity index is 1.83. The number of ether oxygens (including phenoxy) is 3. The van der Waals surface area contributed by atoms with Crippen molar-refractivity contribution < 1.29 is 14.2 Å². The zero-order valence-electron chi connectivity index (χ0n) is 9.07. The van der Waals surface area contributed by atoms with Crippen molar-refractivity contribution in [2.45, 2.75) is 50.6 Å². The van der Waals surface area contributed by atoms with E-state index in [4.69, 9.17) is 19.5 Å². The van der Waals surface area contributed by atoms with Crippen LogP contribution in [0, 0.1) is 11.3 Å². The average molecular weight is 211 g/mol. The first kappa shape index (κ1) is 10.9. The summed E-state index contributed by atoms with van der Waals surface area (Å²) in [4.78, 5) is 0. The quantitative estimate of drug-likeness (QED) is 0.711. The lowest BCUT2D eigenvalue weighted by Gasteiger charge is -2.25. The normalized spacial score (nSPS) is 40.5. The van der Waals surface area contributed by atoms with E-state index in [0.29, 0.717) is 13.0 Å². The molecule has 0 N–H and O–H groups in total. The van der Waals surface area contributed by atoms with Gasteiger partial charge in [0, 0.05) is 13.0 Å². The van der Waals surface area contributed by atoms with Crippen LogP contribution < -0.4 is 0 Å².